The molecule has 0 bridgehead atoms. The van der Waals surface area contributed by atoms with Gasteiger partial charge in [0, 0.05) is 22.8 Å². The molecule has 1 saturated heterocycles. The van der Waals surface area contributed by atoms with Crippen molar-refractivity contribution in [3.8, 4) is 5.75 Å². The number of carbonyl (C=O) groups excluding carboxylic acids is 1. The molecule has 3 aromatic rings. The molecule has 1 atom stereocenters. The fourth-order valence-corrected chi connectivity index (χ4v) is 4.48. The molecule has 0 saturated carbocycles. The molecular weight excluding hydrogens is 346 g/mol. The van der Waals surface area contributed by atoms with Crippen molar-refractivity contribution in [2.45, 2.75) is 38.1 Å². The standard InChI is InChI=1S/C20H23N3O2S/c1-25-15-8-10-18-17(13-15)19(22-21-18)20(24)23-11-3-2-5-14(23)7-9-16-6-4-12-26-16/h4,6,8,10,12-14H,2-3,5,7,9,11H2,1H3,(H,21,22)/t14-/m1/s1. The summed E-state index contributed by atoms with van der Waals surface area (Å²) in [7, 11) is 1.63. The Morgan fingerprint density at radius 1 is 1.38 bits per heavy atom. The van der Waals surface area contributed by atoms with Crippen LogP contribution in [-0.2, 0) is 6.42 Å². The molecule has 26 heavy (non-hydrogen) atoms. The lowest BCUT2D eigenvalue weighted by molar-refractivity contribution is 0.0598. The van der Waals surface area contributed by atoms with E-state index in [-0.39, 0.29) is 11.9 Å². The van der Waals surface area contributed by atoms with Crippen molar-refractivity contribution >= 4 is 28.1 Å². The van der Waals surface area contributed by atoms with E-state index in [9.17, 15) is 4.79 Å². The zero-order chi connectivity index (χ0) is 17.9. The molecule has 3 heterocycles. The molecule has 136 valence electrons. The van der Waals surface area contributed by atoms with Gasteiger partial charge in [0.1, 0.15) is 5.75 Å². The van der Waals surface area contributed by atoms with Crippen LogP contribution in [0.3, 0.4) is 0 Å². The van der Waals surface area contributed by atoms with E-state index in [2.05, 4.69) is 27.7 Å². The minimum Gasteiger partial charge on any atom is -0.497 e. The molecule has 1 fully saturated rings. The SMILES string of the molecule is COc1ccc2[nH]nc(C(=O)N3CCCC[C@@H]3CCc3cccs3)c2c1. The van der Waals surface area contributed by atoms with Crippen LogP contribution in [0.25, 0.3) is 10.9 Å². The Bertz CT molecular complexity index is 888. The highest BCUT2D eigenvalue weighted by Crippen LogP contribution is 2.27. The van der Waals surface area contributed by atoms with E-state index in [4.69, 9.17) is 4.74 Å². The number of thiophene rings is 1. The van der Waals surface area contributed by atoms with Crippen LogP contribution in [0.5, 0.6) is 5.75 Å². The van der Waals surface area contributed by atoms with Gasteiger partial charge in [0.05, 0.1) is 12.6 Å². The minimum absolute atomic E-state index is 0.0281. The maximum Gasteiger partial charge on any atom is 0.275 e. The number of hydrogen-bond acceptors (Lipinski definition) is 4. The first-order chi connectivity index (χ1) is 12.8. The number of fused-ring (bicyclic) bond motifs is 1. The van der Waals surface area contributed by atoms with Gasteiger partial charge < -0.3 is 9.64 Å². The molecule has 0 unspecified atom stereocenters. The Kier molecular flexibility index (Phi) is 4.93. The van der Waals surface area contributed by atoms with Gasteiger partial charge in [0.25, 0.3) is 5.91 Å². The number of ether oxygens (including phenoxy) is 1. The molecule has 6 heteroatoms. The van der Waals surface area contributed by atoms with Crippen molar-refractivity contribution in [2.75, 3.05) is 13.7 Å². The summed E-state index contributed by atoms with van der Waals surface area (Å²) < 4.78 is 5.31. The number of piperidine rings is 1. The van der Waals surface area contributed by atoms with E-state index in [1.807, 2.05) is 23.1 Å². The number of H-pyrrole nitrogens is 1. The van der Waals surface area contributed by atoms with Gasteiger partial charge in [-0.05, 0) is 61.7 Å². The van der Waals surface area contributed by atoms with Crippen LogP contribution in [0, 0.1) is 0 Å². The second-order valence-electron chi connectivity index (χ2n) is 6.75. The van der Waals surface area contributed by atoms with Gasteiger partial charge >= 0.3 is 0 Å². The summed E-state index contributed by atoms with van der Waals surface area (Å²) in [6.07, 6.45) is 5.36. The van der Waals surface area contributed by atoms with Crippen LogP contribution >= 0.6 is 11.3 Å². The maximum absolute atomic E-state index is 13.3. The van der Waals surface area contributed by atoms with Crippen LogP contribution in [0.15, 0.2) is 35.7 Å². The Morgan fingerprint density at radius 3 is 3.12 bits per heavy atom. The van der Waals surface area contributed by atoms with Crippen LogP contribution in [0.2, 0.25) is 0 Å². The lowest BCUT2D eigenvalue weighted by atomic mass is 9.97. The number of carbonyl (C=O) groups is 1. The van der Waals surface area contributed by atoms with Gasteiger partial charge in [-0.1, -0.05) is 6.07 Å². The lowest BCUT2D eigenvalue weighted by Gasteiger charge is -2.35. The van der Waals surface area contributed by atoms with Gasteiger partial charge in [0.15, 0.2) is 5.69 Å². The highest BCUT2D eigenvalue weighted by Gasteiger charge is 2.29. The summed E-state index contributed by atoms with van der Waals surface area (Å²) in [4.78, 5) is 16.7. The Labute approximate surface area is 157 Å². The smallest absolute Gasteiger partial charge is 0.275 e. The van der Waals surface area contributed by atoms with Crippen molar-refractivity contribution in [2.24, 2.45) is 0 Å². The van der Waals surface area contributed by atoms with Crippen molar-refractivity contribution in [1.29, 1.82) is 0 Å². The van der Waals surface area contributed by atoms with E-state index in [1.54, 1.807) is 18.4 Å². The monoisotopic (exact) mass is 369 g/mol. The van der Waals surface area contributed by atoms with Gasteiger partial charge in [-0.15, -0.1) is 11.3 Å². The summed E-state index contributed by atoms with van der Waals surface area (Å²) in [5.41, 5.74) is 1.36. The van der Waals surface area contributed by atoms with E-state index >= 15 is 0 Å². The first kappa shape index (κ1) is 17.1. The predicted octanol–water partition coefficient (Wildman–Crippen LogP) is 4.26. The van der Waals surface area contributed by atoms with Crippen molar-refractivity contribution in [1.82, 2.24) is 15.1 Å². The van der Waals surface area contributed by atoms with Gasteiger partial charge in [0.2, 0.25) is 0 Å². The first-order valence-corrected chi connectivity index (χ1v) is 9.99. The Morgan fingerprint density at radius 2 is 2.31 bits per heavy atom. The number of methoxy groups -OCH3 is 1. The molecule has 5 nitrogen and oxygen atoms in total. The molecule has 4 rings (SSSR count). The fourth-order valence-electron chi connectivity index (χ4n) is 3.75. The summed E-state index contributed by atoms with van der Waals surface area (Å²) in [5.74, 6) is 0.765. The number of nitrogens with zero attached hydrogens (tertiary/aromatic N) is 2. The van der Waals surface area contributed by atoms with Gasteiger partial charge in [-0.3, -0.25) is 9.89 Å². The van der Waals surface area contributed by atoms with Crippen LogP contribution in [-0.4, -0.2) is 40.7 Å². The van der Waals surface area contributed by atoms with Crippen LogP contribution in [0.1, 0.15) is 41.0 Å². The number of likely N-dealkylation sites (tertiary alicyclic amines) is 1. The second-order valence-corrected chi connectivity index (χ2v) is 7.78. The highest BCUT2D eigenvalue weighted by atomic mass is 32.1. The van der Waals surface area contributed by atoms with Crippen molar-refractivity contribution in [3.05, 3.63) is 46.3 Å². The third-order valence-electron chi connectivity index (χ3n) is 5.16. The molecule has 2 aromatic heterocycles. The largest absolute Gasteiger partial charge is 0.497 e. The topological polar surface area (TPSA) is 58.2 Å². The molecule has 1 aromatic carbocycles. The number of aromatic nitrogens is 2. The van der Waals surface area contributed by atoms with Crippen molar-refractivity contribution < 1.29 is 9.53 Å². The highest BCUT2D eigenvalue weighted by molar-refractivity contribution is 7.09. The summed E-state index contributed by atoms with van der Waals surface area (Å²) in [6, 6.07) is 10.2. The maximum atomic E-state index is 13.3. The van der Waals surface area contributed by atoms with Crippen molar-refractivity contribution in [3.63, 3.8) is 0 Å². The normalized spacial score (nSPS) is 17.6. The first-order valence-electron chi connectivity index (χ1n) is 9.11. The van der Waals surface area contributed by atoms with Gasteiger partial charge in [-0.25, -0.2) is 0 Å². The number of aryl methyl sites for hydroxylation is 1. The summed E-state index contributed by atoms with van der Waals surface area (Å²) >= 11 is 1.79. The molecule has 0 radical (unpaired) electrons. The lowest BCUT2D eigenvalue weighted by Crippen LogP contribution is -2.44. The third-order valence-corrected chi connectivity index (χ3v) is 6.10. The molecule has 0 aliphatic carbocycles. The molecular formula is C20H23N3O2S. The van der Waals surface area contributed by atoms with Gasteiger partial charge in [-0.2, -0.15) is 5.10 Å². The number of amides is 1. The number of benzene rings is 1. The number of rotatable bonds is 5. The fraction of sp³-hybridized carbons (Fsp3) is 0.400. The quantitative estimate of drug-likeness (QED) is 0.731. The zero-order valence-electron chi connectivity index (χ0n) is 14.9. The minimum atomic E-state index is 0.0281. The van der Waals surface area contributed by atoms with E-state index < -0.39 is 0 Å². The van der Waals surface area contributed by atoms with E-state index in [0.29, 0.717) is 5.69 Å². The van der Waals surface area contributed by atoms with Crippen LogP contribution < -0.4 is 4.74 Å². The third kappa shape index (κ3) is 3.33. The number of hydrogen-bond donors (Lipinski definition) is 1. The van der Waals surface area contributed by atoms with Crippen LogP contribution in [0.4, 0.5) is 0 Å². The molecule has 0 spiro atoms. The number of aromatic amines is 1. The molecule has 1 amide bonds. The van der Waals surface area contributed by atoms with E-state index in [0.717, 1.165) is 48.9 Å². The average Bonchev–Trinajstić information content (AvgIpc) is 3.35. The Balaban J connectivity index is 1.56. The molecule has 1 aliphatic heterocycles. The second kappa shape index (κ2) is 7.50. The average molecular weight is 369 g/mol. The zero-order valence-corrected chi connectivity index (χ0v) is 15.7. The number of nitrogens with one attached hydrogen (secondary N) is 1. The summed E-state index contributed by atoms with van der Waals surface area (Å²) in [5, 5.41) is 10.2. The molecule has 1 N–H and O–H groups in total. The summed E-state index contributed by atoms with van der Waals surface area (Å²) in [6.45, 7) is 0.812. The Hall–Kier alpha value is -2.34. The van der Waals surface area contributed by atoms with E-state index in [1.165, 1.54) is 11.3 Å². The molecule has 1 aliphatic rings. The predicted molar refractivity (Wildman–Crippen MR) is 104 cm³/mol.